The summed E-state index contributed by atoms with van der Waals surface area (Å²) in [6.07, 6.45) is 5.83. The first-order chi connectivity index (χ1) is 5.29. The van der Waals surface area contributed by atoms with Crippen LogP contribution in [0.25, 0.3) is 0 Å². The monoisotopic (exact) mass is 158 g/mol. The van der Waals surface area contributed by atoms with E-state index in [2.05, 4.69) is 6.92 Å². The summed E-state index contributed by atoms with van der Waals surface area (Å²) in [4.78, 5) is 0. The maximum absolute atomic E-state index is 9.21. The van der Waals surface area contributed by atoms with Crippen LogP contribution in [0.5, 0.6) is 0 Å². The van der Waals surface area contributed by atoms with Gasteiger partial charge in [-0.2, -0.15) is 0 Å². The molecule has 1 nitrogen and oxygen atoms in total. The second-order valence-corrected chi connectivity index (χ2v) is 3.27. The van der Waals surface area contributed by atoms with Crippen LogP contribution in [0.1, 0.15) is 52.9 Å². The molecule has 1 fully saturated rings. The van der Waals surface area contributed by atoms with Gasteiger partial charge in [0.25, 0.3) is 0 Å². The molecule has 2 unspecified atom stereocenters. The van der Waals surface area contributed by atoms with E-state index in [-0.39, 0.29) is 6.10 Å². The maximum atomic E-state index is 9.21. The Morgan fingerprint density at radius 2 is 1.64 bits per heavy atom. The molecule has 11 heavy (non-hydrogen) atoms. The lowest BCUT2D eigenvalue weighted by Crippen LogP contribution is -2.02. The van der Waals surface area contributed by atoms with E-state index in [9.17, 15) is 5.11 Å². The van der Waals surface area contributed by atoms with Gasteiger partial charge in [-0.25, -0.2) is 0 Å². The molecule has 0 amide bonds. The Morgan fingerprint density at radius 1 is 1.00 bits per heavy atom. The summed E-state index contributed by atoms with van der Waals surface area (Å²) in [7, 11) is 0. The molecular weight excluding hydrogens is 136 g/mol. The smallest absolute Gasteiger partial charge is 0.0540 e. The molecule has 0 aromatic rings. The minimum Gasteiger partial charge on any atom is -0.393 e. The Labute approximate surface area is 70.8 Å². The van der Waals surface area contributed by atoms with Gasteiger partial charge < -0.3 is 5.11 Å². The van der Waals surface area contributed by atoms with Crippen molar-refractivity contribution in [2.75, 3.05) is 0 Å². The van der Waals surface area contributed by atoms with Crippen molar-refractivity contribution in [3.8, 4) is 0 Å². The summed E-state index contributed by atoms with van der Waals surface area (Å²) in [5.41, 5.74) is 0. The van der Waals surface area contributed by atoms with Crippen LogP contribution in [-0.4, -0.2) is 11.2 Å². The van der Waals surface area contributed by atoms with Crippen molar-refractivity contribution in [1.29, 1.82) is 0 Å². The zero-order valence-corrected chi connectivity index (χ0v) is 8.14. The third-order valence-corrected chi connectivity index (χ3v) is 2.23. The first kappa shape index (κ1) is 11.0. The Balaban J connectivity index is 0.000000461. The molecule has 0 radical (unpaired) electrons. The molecular formula is C10H22O. The van der Waals surface area contributed by atoms with Crippen LogP contribution in [0.4, 0.5) is 0 Å². The van der Waals surface area contributed by atoms with Gasteiger partial charge in [-0.1, -0.05) is 33.6 Å². The quantitative estimate of drug-likeness (QED) is 0.537. The van der Waals surface area contributed by atoms with Crippen LogP contribution >= 0.6 is 0 Å². The van der Waals surface area contributed by atoms with Gasteiger partial charge in [0.05, 0.1) is 6.10 Å². The first-order valence-corrected chi connectivity index (χ1v) is 4.97. The average molecular weight is 158 g/mol. The highest BCUT2D eigenvalue weighted by Gasteiger charge is 2.12. The summed E-state index contributed by atoms with van der Waals surface area (Å²) in [6, 6.07) is 0. The number of aliphatic hydroxyl groups is 1. The Kier molecular flexibility index (Phi) is 6.63. The lowest BCUT2D eigenvalue weighted by molar-refractivity contribution is 0.156. The lowest BCUT2D eigenvalue weighted by atomic mass is 10.0. The van der Waals surface area contributed by atoms with Gasteiger partial charge in [0.1, 0.15) is 0 Å². The van der Waals surface area contributed by atoms with E-state index in [4.69, 9.17) is 0 Å². The molecule has 1 N–H and O–H groups in total. The minimum atomic E-state index is 0.00921. The topological polar surface area (TPSA) is 20.2 Å². The SMILES string of the molecule is CC.CC1CCCC(O)CC1. The van der Waals surface area contributed by atoms with E-state index in [1.54, 1.807) is 0 Å². The van der Waals surface area contributed by atoms with Gasteiger partial charge in [0.15, 0.2) is 0 Å². The van der Waals surface area contributed by atoms with Crippen LogP contribution < -0.4 is 0 Å². The van der Waals surface area contributed by atoms with Gasteiger partial charge in [0.2, 0.25) is 0 Å². The van der Waals surface area contributed by atoms with Crippen LogP contribution in [0.3, 0.4) is 0 Å². The molecule has 1 aliphatic rings. The molecule has 2 atom stereocenters. The van der Waals surface area contributed by atoms with Crippen molar-refractivity contribution in [2.45, 2.75) is 59.0 Å². The Bertz CT molecular complexity index is 70.9. The van der Waals surface area contributed by atoms with Crippen molar-refractivity contribution >= 4 is 0 Å². The summed E-state index contributed by atoms with van der Waals surface area (Å²) in [6.45, 7) is 6.28. The minimum absolute atomic E-state index is 0.00921. The molecule has 0 spiro atoms. The number of hydrogen-bond donors (Lipinski definition) is 1. The molecule has 0 heterocycles. The third kappa shape index (κ3) is 5.25. The summed E-state index contributed by atoms with van der Waals surface area (Å²) in [5.74, 6) is 0.849. The van der Waals surface area contributed by atoms with Crippen molar-refractivity contribution in [1.82, 2.24) is 0 Å². The van der Waals surface area contributed by atoms with E-state index < -0.39 is 0 Å². The lowest BCUT2D eigenvalue weighted by Gasteiger charge is -2.04. The molecule has 1 aliphatic carbocycles. The zero-order chi connectivity index (χ0) is 8.69. The molecule has 1 heteroatoms. The predicted molar refractivity (Wildman–Crippen MR) is 49.6 cm³/mol. The van der Waals surface area contributed by atoms with Gasteiger partial charge in [-0.3, -0.25) is 0 Å². The van der Waals surface area contributed by atoms with E-state index in [0.29, 0.717) is 0 Å². The largest absolute Gasteiger partial charge is 0.393 e. The van der Waals surface area contributed by atoms with E-state index in [1.807, 2.05) is 13.8 Å². The predicted octanol–water partition coefficient (Wildman–Crippen LogP) is 2.97. The van der Waals surface area contributed by atoms with Crippen molar-refractivity contribution in [2.24, 2.45) is 5.92 Å². The molecule has 0 bridgehead atoms. The van der Waals surface area contributed by atoms with E-state index >= 15 is 0 Å². The highest BCUT2D eigenvalue weighted by molar-refractivity contribution is 4.65. The number of aliphatic hydroxyl groups excluding tert-OH is 1. The highest BCUT2D eigenvalue weighted by Crippen LogP contribution is 2.21. The van der Waals surface area contributed by atoms with E-state index in [1.165, 1.54) is 19.3 Å². The van der Waals surface area contributed by atoms with Crippen molar-refractivity contribution in [3.05, 3.63) is 0 Å². The first-order valence-electron chi connectivity index (χ1n) is 4.97. The van der Waals surface area contributed by atoms with Gasteiger partial charge >= 0.3 is 0 Å². The van der Waals surface area contributed by atoms with Gasteiger partial charge in [0, 0.05) is 0 Å². The Hall–Kier alpha value is -0.0400. The van der Waals surface area contributed by atoms with Gasteiger partial charge in [-0.05, 0) is 25.2 Å². The standard InChI is InChI=1S/C8H16O.C2H6/c1-7-3-2-4-8(9)6-5-7;1-2/h7-9H,2-6H2,1H3;1-2H3. The average Bonchev–Trinajstić information content (AvgIpc) is 2.20. The molecule has 0 aliphatic heterocycles. The number of hydrogen-bond acceptors (Lipinski definition) is 1. The molecule has 0 aromatic carbocycles. The number of rotatable bonds is 0. The molecule has 1 saturated carbocycles. The van der Waals surface area contributed by atoms with E-state index in [0.717, 1.165) is 18.8 Å². The van der Waals surface area contributed by atoms with Crippen LogP contribution in [-0.2, 0) is 0 Å². The molecule has 0 aromatic heterocycles. The fraction of sp³-hybridized carbons (Fsp3) is 1.00. The van der Waals surface area contributed by atoms with Crippen LogP contribution in [0.15, 0.2) is 0 Å². The van der Waals surface area contributed by atoms with Crippen molar-refractivity contribution in [3.63, 3.8) is 0 Å². The zero-order valence-electron chi connectivity index (χ0n) is 8.14. The molecule has 68 valence electrons. The molecule has 0 saturated heterocycles. The fourth-order valence-corrected chi connectivity index (χ4v) is 1.47. The molecule has 1 rings (SSSR count). The summed E-state index contributed by atoms with van der Waals surface area (Å²) >= 11 is 0. The summed E-state index contributed by atoms with van der Waals surface area (Å²) < 4.78 is 0. The van der Waals surface area contributed by atoms with Crippen LogP contribution in [0, 0.1) is 5.92 Å². The Morgan fingerprint density at radius 3 is 2.27 bits per heavy atom. The normalized spacial score (nSPS) is 31.6. The van der Waals surface area contributed by atoms with Crippen LogP contribution in [0.2, 0.25) is 0 Å². The highest BCUT2D eigenvalue weighted by atomic mass is 16.3. The second kappa shape index (κ2) is 6.66. The maximum Gasteiger partial charge on any atom is 0.0540 e. The fourth-order valence-electron chi connectivity index (χ4n) is 1.47. The van der Waals surface area contributed by atoms with Gasteiger partial charge in [-0.15, -0.1) is 0 Å². The van der Waals surface area contributed by atoms with Crippen molar-refractivity contribution < 1.29 is 5.11 Å². The summed E-state index contributed by atoms with van der Waals surface area (Å²) in [5, 5.41) is 9.21. The third-order valence-electron chi connectivity index (χ3n) is 2.23. The second-order valence-electron chi connectivity index (χ2n) is 3.27.